The maximum atomic E-state index is 3.75. The zero-order chi connectivity index (χ0) is 9.97. The van der Waals surface area contributed by atoms with Crippen LogP contribution < -0.4 is 0 Å². The smallest absolute Gasteiger partial charge is 0.0148 e. The largest absolute Gasteiger partial charge is 0.0891 e. The molecule has 0 aromatic heterocycles. The topological polar surface area (TPSA) is 0 Å². The molecule has 0 heterocycles. The van der Waals surface area contributed by atoms with Gasteiger partial charge in [0.2, 0.25) is 0 Å². The van der Waals surface area contributed by atoms with E-state index in [1.807, 2.05) is 0 Å². The third-order valence-corrected chi connectivity index (χ3v) is 5.11. The van der Waals surface area contributed by atoms with E-state index in [0.29, 0.717) is 0 Å². The molecule has 0 aromatic carbocycles. The molecule has 2 unspecified atom stereocenters. The Balaban J connectivity index is 1.70. The van der Waals surface area contributed by atoms with Crippen LogP contribution in [0, 0.1) is 17.8 Å². The Morgan fingerprint density at radius 3 is 2.14 bits per heavy atom. The molecule has 2 saturated carbocycles. The van der Waals surface area contributed by atoms with Gasteiger partial charge < -0.3 is 0 Å². The molecule has 0 N–H and O–H groups in total. The van der Waals surface area contributed by atoms with Crippen LogP contribution in [0.15, 0.2) is 0 Å². The van der Waals surface area contributed by atoms with E-state index in [4.69, 9.17) is 0 Å². The lowest BCUT2D eigenvalue weighted by Crippen LogP contribution is -2.15. The Bertz CT molecular complexity index is 170. The van der Waals surface area contributed by atoms with Gasteiger partial charge in [0, 0.05) is 4.83 Å². The summed E-state index contributed by atoms with van der Waals surface area (Å²) in [7, 11) is 0. The van der Waals surface area contributed by atoms with Crippen LogP contribution in [-0.4, -0.2) is 4.83 Å². The van der Waals surface area contributed by atoms with Crippen molar-refractivity contribution >= 4 is 15.9 Å². The average molecular weight is 259 g/mol. The Morgan fingerprint density at radius 1 is 0.929 bits per heavy atom. The number of rotatable bonds is 2. The molecule has 0 bridgehead atoms. The van der Waals surface area contributed by atoms with Crippen molar-refractivity contribution in [3.8, 4) is 0 Å². The van der Waals surface area contributed by atoms with E-state index in [2.05, 4.69) is 22.9 Å². The van der Waals surface area contributed by atoms with E-state index in [0.717, 1.165) is 22.6 Å². The van der Waals surface area contributed by atoms with Crippen LogP contribution in [0.1, 0.15) is 58.3 Å². The van der Waals surface area contributed by atoms with Crippen LogP contribution in [0.5, 0.6) is 0 Å². The molecule has 0 aliphatic heterocycles. The fourth-order valence-electron chi connectivity index (χ4n) is 3.26. The lowest BCUT2D eigenvalue weighted by molar-refractivity contribution is 0.247. The number of hydrogen-bond donors (Lipinski definition) is 0. The van der Waals surface area contributed by atoms with Crippen LogP contribution in [0.3, 0.4) is 0 Å². The molecule has 0 radical (unpaired) electrons. The highest BCUT2D eigenvalue weighted by molar-refractivity contribution is 9.09. The second-order valence-electron chi connectivity index (χ2n) is 5.64. The molecule has 2 rings (SSSR count). The summed E-state index contributed by atoms with van der Waals surface area (Å²) < 4.78 is 0. The Morgan fingerprint density at radius 2 is 1.57 bits per heavy atom. The summed E-state index contributed by atoms with van der Waals surface area (Å²) in [5.74, 6) is 3.14. The van der Waals surface area contributed by atoms with Crippen molar-refractivity contribution in [3.05, 3.63) is 0 Å². The Labute approximate surface area is 97.0 Å². The minimum Gasteiger partial charge on any atom is -0.0891 e. The Kier molecular flexibility index (Phi) is 3.93. The van der Waals surface area contributed by atoms with Gasteiger partial charge in [0.25, 0.3) is 0 Å². The zero-order valence-electron chi connectivity index (χ0n) is 9.34. The number of halogens is 1. The van der Waals surface area contributed by atoms with Crippen molar-refractivity contribution in [2.75, 3.05) is 0 Å². The van der Waals surface area contributed by atoms with Gasteiger partial charge in [0.1, 0.15) is 0 Å². The molecule has 0 aromatic rings. The average Bonchev–Trinajstić information content (AvgIpc) is 2.56. The molecule has 2 fully saturated rings. The predicted octanol–water partition coefficient (Wildman–Crippen LogP) is 4.77. The monoisotopic (exact) mass is 258 g/mol. The molecule has 14 heavy (non-hydrogen) atoms. The van der Waals surface area contributed by atoms with Gasteiger partial charge in [-0.2, -0.15) is 0 Å². The quantitative estimate of drug-likeness (QED) is 0.627. The lowest BCUT2D eigenvalue weighted by Gasteiger charge is -2.28. The molecule has 2 aliphatic rings. The van der Waals surface area contributed by atoms with E-state index in [1.54, 1.807) is 0 Å². The molecule has 0 nitrogen and oxygen atoms in total. The van der Waals surface area contributed by atoms with Crippen molar-refractivity contribution in [1.82, 2.24) is 0 Å². The molecule has 2 aliphatic carbocycles. The first kappa shape index (κ1) is 11.0. The summed E-state index contributed by atoms with van der Waals surface area (Å²) in [5, 5.41) is 0. The number of alkyl halides is 1. The summed E-state index contributed by atoms with van der Waals surface area (Å²) in [4.78, 5) is 0.843. The van der Waals surface area contributed by atoms with Crippen LogP contribution in [0.2, 0.25) is 0 Å². The fourth-order valence-corrected chi connectivity index (χ4v) is 4.06. The van der Waals surface area contributed by atoms with Crippen molar-refractivity contribution in [2.24, 2.45) is 17.8 Å². The van der Waals surface area contributed by atoms with Crippen molar-refractivity contribution < 1.29 is 0 Å². The molecule has 2 atom stereocenters. The first-order valence-corrected chi connectivity index (χ1v) is 7.29. The van der Waals surface area contributed by atoms with Crippen LogP contribution in [0.4, 0.5) is 0 Å². The molecule has 82 valence electrons. The summed E-state index contributed by atoms with van der Waals surface area (Å²) in [6, 6.07) is 0. The van der Waals surface area contributed by atoms with Gasteiger partial charge in [-0.15, -0.1) is 0 Å². The summed E-state index contributed by atoms with van der Waals surface area (Å²) in [6.45, 7) is 2.42. The van der Waals surface area contributed by atoms with Crippen molar-refractivity contribution in [1.29, 1.82) is 0 Å². The summed E-state index contributed by atoms with van der Waals surface area (Å²) in [5.41, 5.74) is 0. The standard InChI is InChI=1S/C13H23Br/c1-10-2-4-11(5-3-10)8-12-6-7-13(14)9-12/h10-13H,2-9H2,1H3. The maximum absolute atomic E-state index is 3.75. The predicted molar refractivity (Wildman–Crippen MR) is 65.8 cm³/mol. The van der Waals surface area contributed by atoms with Crippen LogP contribution in [0.25, 0.3) is 0 Å². The van der Waals surface area contributed by atoms with Gasteiger partial charge in [0.05, 0.1) is 0 Å². The van der Waals surface area contributed by atoms with Gasteiger partial charge in [-0.05, 0) is 43.4 Å². The van der Waals surface area contributed by atoms with E-state index in [-0.39, 0.29) is 0 Å². The van der Waals surface area contributed by atoms with Crippen molar-refractivity contribution in [2.45, 2.75) is 63.1 Å². The fraction of sp³-hybridized carbons (Fsp3) is 1.00. The zero-order valence-corrected chi connectivity index (χ0v) is 10.9. The summed E-state index contributed by atoms with van der Waals surface area (Å²) >= 11 is 3.75. The van der Waals surface area contributed by atoms with E-state index >= 15 is 0 Å². The molecular weight excluding hydrogens is 236 g/mol. The van der Waals surface area contributed by atoms with E-state index in [1.165, 1.54) is 51.4 Å². The van der Waals surface area contributed by atoms with Crippen LogP contribution in [-0.2, 0) is 0 Å². The molecule has 1 heteroatoms. The first-order valence-electron chi connectivity index (χ1n) is 6.38. The van der Waals surface area contributed by atoms with E-state index in [9.17, 15) is 0 Å². The first-order chi connectivity index (χ1) is 6.74. The Hall–Kier alpha value is 0.480. The highest BCUT2D eigenvalue weighted by atomic mass is 79.9. The highest BCUT2D eigenvalue weighted by Gasteiger charge is 2.26. The molecule has 0 spiro atoms. The lowest BCUT2D eigenvalue weighted by atomic mass is 9.78. The SMILES string of the molecule is CC1CCC(CC2CCC(Br)C2)CC1. The third-order valence-electron chi connectivity index (χ3n) is 4.28. The van der Waals surface area contributed by atoms with Crippen molar-refractivity contribution in [3.63, 3.8) is 0 Å². The summed E-state index contributed by atoms with van der Waals surface area (Å²) in [6.07, 6.45) is 11.9. The minimum absolute atomic E-state index is 0.843. The molecule has 0 amide bonds. The van der Waals surface area contributed by atoms with E-state index < -0.39 is 0 Å². The molecule has 0 saturated heterocycles. The minimum atomic E-state index is 0.843. The second kappa shape index (κ2) is 5.01. The van der Waals surface area contributed by atoms with Gasteiger partial charge >= 0.3 is 0 Å². The number of hydrogen-bond acceptors (Lipinski definition) is 0. The maximum Gasteiger partial charge on any atom is 0.0148 e. The van der Waals surface area contributed by atoms with Gasteiger partial charge in [-0.25, -0.2) is 0 Å². The van der Waals surface area contributed by atoms with Gasteiger partial charge in [-0.3, -0.25) is 0 Å². The normalized spacial score (nSPS) is 44.1. The third kappa shape index (κ3) is 2.98. The van der Waals surface area contributed by atoms with Gasteiger partial charge in [-0.1, -0.05) is 48.5 Å². The van der Waals surface area contributed by atoms with Gasteiger partial charge in [0.15, 0.2) is 0 Å². The molecular formula is C13H23Br. The highest BCUT2D eigenvalue weighted by Crippen LogP contribution is 2.39. The van der Waals surface area contributed by atoms with Crippen LogP contribution >= 0.6 is 15.9 Å². The second-order valence-corrected chi connectivity index (χ2v) is 6.93.